The molecule has 0 fully saturated rings. The molecule has 30 heavy (non-hydrogen) atoms. The molecule has 1 unspecified atom stereocenters. The van der Waals surface area contributed by atoms with E-state index in [4.69, 9.17) is 14.0 Å². The number of aryl methyl sites for hydroxylation is 1. The maximum atomic E-state index is 13.6. The standard InChI is InChI=1S/C20H23N3O5S2/c1-14-15(2)28-22-19(14)23(13-27-10-9-26-3)30(25)20-18(8-11-29-20)17-6-4-16(5-7-17)12-21-24/h4-8,11H,9-10,12-13H2,1-3H3. The van der Waals surface area contributed by atoms with Gasteiger partial charge in [0.05, 0.1) is 13.2 Å². The Morgan fingerprint density at radius 1 is 1.20 bits per heavy atom. The lowest BCUT2D eigenvalue weighted by molar-refractivity contribution is 0.0756. The van der Waals surface area contributed by atoms with Crippen molar-refractivity contribution in [2.45, 2.75) is 24.6 Å². The van der Waals surface area contributed by atoms with Gasteiger partial charge < -0.3 is 14.0 Å². The molecule has 2 heterocycles. The third-order valence-corrected chi connectivity index (χ3v) is 7.15. The van der Waals surface area contributed by atoms with E-state index in [1.807, 2.05) is 49.6 Å². The van der Waals surface area contributed by atoms with Crippen LogP contribution in [-0.2, 0) is 27.0 Å². The Labute approximate surface area is 181 Å². The number of benzene rings is 1. The SMILES string of the molecule is COCCOCN(c1noc(C)c1C)S(=O)c1sccc1-c1ccc(CN=O)cc1. The fourth-order valence-corrected chi connectivity index (χ4v) is 5.20. The number of hydrogen-bond donors (Lipinski definition) is 0. The molecule has 0 aliphatic carbocycles. The van der Waals surface area contributed by atoms with Gasteiger partial charge in [-0.15, -0.1) is 11.3 Å². The molecule has 0 spiro atoms. The van der Waals surface area contributed by atoms with Gasteiger partial charge in [-0.05, 0) is 36.4 Å². The van der Waals surface area contributed by atoms with E-state index in [9.17, 15) is 9.12 Å². The van der Waals surface area contributed by atoms with Crippen molar-refractivity contribution in [2.24, 2.45) is 5.18 Å². The number of rotatable bonds is 11. The topological polar surface area (TPSA) is 94.2 Å². The lowest BCUT2D eigenvalue weighted by Crippen LogP contribution is -2.30. The van der Waals surface area contributed by atoms with E-state index in [1.54, 1.807) is 11.4 Å². The zero-order valence-corrected chi connectivity index (χ0v) is 18.6. The molecule has 0 saturated heterocycles. The van der Waals surface area contributed by atoms with Crippen LogP contribution in [0.1, 0.15) is 16.9 Å². The Hall–Kier alpha value is -2.40. The van der Waals surface area contributed by atoms with Gasteiger partial charge in [-0.2, -0.15) is 4.91 Å². The highest BCUT2D eigenvalue weighted by molar-refractivity contribution is 7.88. The predicted octanol–water partition coefficient (Wildman–Crippen LogP) is 4.44. The van der Waals surface area contributed by atoms with Gasteiger partial charge >= 0.3 is 0 Å². The van der Waals surface area contributed by atoms with Crippen LogP contribution in [0, 0.1) is 18.8 Å². The van der Waals surface area contributed by atoms with E-state index in [1.165, 1.54) is 11.3 Å². The summed E-state index contributed by atoms with van der Waals surface area (Å²) in [7, 11) is 0.0268. The number of nitrogens with zero attached hydrogens (tertiary/aromatic N) is 3. The summed E-state index contributed by atoms with van der Waals surface area (Å²) in [6.45, 7) is 4.68. The van der Waals surface area contributed by atoms with Crippen LogP contribution in [0.4, 0.5) is 5.82 Å². The number of thiophene rings is 1. The van der Waals surface area contributed by atoms with Crippen molar-refractivity contribution in [1.82, 2.24) is 5.16 Å². The fraction of sp³-hybridized carbons (Fsp3) is 0.350. The second-order valence-corrected chi connectivity index (χ2v) is 8.97. The summed E-state index contributed by atoms with van der Waals surface area (Å²) in [5, 5.41) is 8.90. The summed E-state index contributed by atoms with van der Waals surface area (Å²) >= 11 is 1.40. The van der Waals surface area contributed by atoms with Gasteiger partial charge in [-0.3, -0.25) is 0 Å². The lowest BCUT2D eigenvalue weighted by Gasteiger charge is -2.21. The molecule has 0 amide bonds. The molecule has 1 aromatic carbocycles. The molecule has 0 saturated carbocycles. The van der Waals surface area contributed by atoms with Crippen molar-refractivity contribution in [2.75, 3.05) is 31.4 Å². The maximum absolute atomic E-state index is 13.6. The van der Waals surface area contributed by atoms with Crippen LogP contribution < -0.4 is 4.31 Å². The normalized spacial score (nSPS) is 12.1. The first kappa shape index (κ1) is 22.3. The van der Waals surface area contributed by atoms with Gasteiger partial charge in [0.25, 0.3) is 0 Å². The highest BCUT2D eigenvalue weighted by atomic mass is 32.2. The van der Waals surface area contributed by atoms with Crippen LogP contribution in [-0.4, -0.2) is 36.4 Å². The number of nitroso groups, excluding NO2 is 1. The van der Waals surface area contributed by atoms with Gasteiger partial charge in [-0.1, -0.05) is 34.6 Å². The van der Waals surface area contributed by atoms with E-state index in [-0.39, 0.29) is 13.3 Å². The van der Waals surface area contributed by atoms with Gasteiger partial charge in [-0.25, -0.2) is 8.51 Å². The first-order valence-electron chi connectivity index (χ1n) is 9.21. The number of ether oxygens (including phenoxy) is 2. The van der Waals surface area contributed by atoms with Gasteiger partial charge in [0.15, 0.2) is 16.8 Å². The minimum Gasteiger partial charge on any atom is -0.382 e. The summed E-state index contributed by atoms with van der Waals surface area (Å²) < 4.78 is 31.8. The first-order valence-corrected chi connectivity index (χ1v) is 11.2. The van der Waals surface area contributed by atoms with Gasteiger partial charge in [0.2, 0.25) is 0 Å². The minimum atomic E-state index is -1.57. The van der Waals surface area contributed by atoms with Crippen LogP contribution in [0.15, 0.2) is 49.6 Å². The van der Waals surface area contributed by atoms with E-state index >= 15 is 0 Å². The molecule has 0 radical (unpaired) electrons. The van der Waals surface area contributed by atoms with Crippen LogP contribution in [0.3, 0.4) is 0 Å². The number of hydrogen-bond acceptors (Lipinski definition) is 8. The average Bonchev–Trinajstić information content (AvgIpc) is 3.36. The molecular formula is C20H23N3O5S2. The smallest absolute Gasteiger partial charge is 0.189 e. The second kappa shape index (κ2) is 10.6. The van der Waals surface area contributed by atoms with Gasteiger partial charge in [0, 0.05) is 18.2 Å². The molecule has 0 aliphatic rings. The predicted molar refractivity (Wildman–Crippen MR) is 117 cm³/mol. The number of aromatic nitrogens is 1. The zero-order chi connectivity index (χ0) is 21.5. The zero-order valence-electron chi connectivity index (χ0n) is 17.0. The summed E-state index contributed by atoms with van der Waals surface area (Å²) in [5.41, 5.74) is 3.39. The van der Waals surface area contributed by atoms with Crippen LogP contribution >= 0.6 is 11.3 Å². The molecule has 3 aromatic rings. The van der Waals surface area contributed by atoms with Crippen LogP contribution in [0.2, 0.25) is 0 Å². The summed E-state index contributed by atoms with van der Waals surface area (Å²) in [5.74, 6) is 1.14. The van der Waals surface area contributed by atoms with E-state index < -0.39 is 11.0 Å². The monoisotopic (exact) mass is 449 g/mol. The first-order chi connectivity index (χ1) is 14.6. The van der Waals surface area contributed by atoms with Crippen molar-refractivity contribution in [3.05, 3.63) is 57.5 Å². The third kappa shape index (κ3) is 5.01. The molecule has 160 valence electrons. The van der Waals surface area contributed by atoms with E-state index in [0.29, 0.717) is 29.0 Å². The number of methoxy groups -OCH3 is 1. The van der Waals surface area contributed by atoms with Crippen molar-refractivity contribution >= 4 is 28.1 Å². The second-order valence-electron chi connectivity index (χ2n) is 6.45. The molecule has 8 nitrogen and oxygen atoms in total. The molecule has 1 atom stereocenters. The third-order valence-electron chi connectivity index (χ3n) is 4.51. The number of anilines is 1. The Balaban J connectivity index is 1.90. The van der Waals surface area contributed by atoms with Crippen molar-refractivity contribution < 1.29 is 18.2 Å². The molecule has 2 aromatic heterocycles. The summed E-state index contributed by atoms with van der Waals surface area (Å²) in [4.78, 5) is 10.5. The maximum Gasteiger partial charge on any atom is 0.189 e. The largest absolute Gasteiger partial charge is 0.382 e. The van der Waals surface area contributed by atoms with Gasteiger partial charge in [0.1, 0.15) is 23.2 Å². The quantitative estimate of drug-likeness (QED) is 0.244. The van der Waals surface area contributed by atoms with Crippen molar-refractivity contribution in [3.8, 4) is 11.1 Å². The highest BCUT2D eigenvalue weighted by Gasteiger charge is 2.26. The fourth-order valence-electron chi connectivity index (χ4n) is 2.72. The molecular weight excluding hydrogens is 426 g/mol. The molecule has 0 aliphatic heterocycles. The average molecular weight is 450 g/mol. The molecule has 3 rings (SSSR count). The Morgan fingerprint density at radius 2 is 1.97 bits per heavy atom. The molecule has 0 N–H and O–H groups in total. The summed E-state index contributed by atoms with van der Waals surface area (Å²) in [6.07, 6.45) is 0. The Kier molecular flexibility index (Phi) is 7.86. The minimum absolute atomic E-state index is 0.0735. The summed E-state index contributed by atoms with van der Waals surface area (Å²) in [6, 6.07) is 9.41. The van der Waals surface area contributed by atoms with E-state index in [2.05, 4.69) is 10.3 Å². The van der Waals surface area contributed by atoms with Crippen LogP contribution in [0.25, 0.3) is 11.1 Å². The van der Waals surface area contributed by atoms with E-state index in [0.717, 1.165) is 22.3 Å². The Bertz CT molecular complexity index is 1000. The highest BCUT2D eigenvalue weighted by Crippen LogP contribution is 2.34. The lowest BCUT2D eigenvalue weighted by atomic mass is 10.1. The van der Waals surface area contributed by atoms with Crippen LogP contribution in [0.5, 0.6) is 0 Å². The van der Waals surface area contributed by atoms with Crippen molar-refractivity contribution in [3.63, 3.8) is 0 Å². The molecule has 0 bridgehead atoms. The molecule has 10 heteroatoms. The Morgan fingerprint density at radius 3 is 2.60 bits per heavy atom. The van der Waals surface area contributed by atoms with Crippen molar-refractivity contribution in [1.29, 1.82) is 0 Å².